The molecule has 2 rings (SSSR count). The van der Waals surface area contributed by atoms with Crippen molar-refractivity contribution < 1.29 is 0 Å². The maximum absolute atomic E-state index is 4.35. The van der Waals surface area contributed by atoms with Gasteiger partial charge in [0.15, 0.2) is 0 Å². The van der Waals surface area contributed by atoms with Gasteiger partial charge in [0.1, 0.15) is 12.1 Å². The molecular formula is C12H17N3S. The molecule has 0 atom stereocenters. The van der Waals surface area contributed by atoms with Crippen LogP contribution < -0.4 is 5.32 Å². The Hall–Kier alpha value is -1.16. The van der Waals surface area contributed by atoms with Crippen molar-refractivity contribution >= 4 is 27.4 Å². The Balaban J connectivity index is 2.37. The minimum absolute atomic E-state index is 0.116. The number of nitrogens with one attached hydrogen (secondary N) is 1. The molecule has 0 unspecified atom stereocenters. The van der Waals surface area contributed by atoms with Crippen LogP contribution in [0.25, 0.3) is 10.2 Å². The summed E-state index contributed by atoms with van der Waals surface area (Å²) < 4.78 is 1.15. The largest absolute Gasteiger partial charge is 0.364 e. The van der Waals surface area contributed by atoms with Crippen molar-refractivity contribution in [2.45, 2.75) is 39.2 Å². The number of anilines is 1. The molecule has 0 fully saturated rings. The van der Waals surface area contributed by atoms with E-state index in [4.69, 9.17) is 0 Å². The van der Waals surface area contributed by atoms with E-state index in [1.807, 2.05) is 6.07 Å². The summed E-state index contributed by atoms with van der Waals surface area (Å²) in [7, 11) is 0. The highest BCUT2D eigenvalue weighted by Crippen LogP contribution is 2.28. The zero-order valence-corrected chi connectivity index (χ0v) is 10.8. The van der Waals surface area contributed by atoms with Crippen LogP contribution >= 0.6 is 11.3 Å². The van der Waals surface area contributed by atoms with Crippen LogP contribution in [0.5, 0.6) is 0 Å². The van der Waals surface area contributed by atoms with E-state index in [0.717, 1.165) is 28.9 Å². The fourth-order valence-electron chi connectivity index (χ4n) is 1.59. The third-order valence-corrected chi connectivity index (χ3v) is 4.13. The Morgan fingerprint density at radius 2 is 2.06 bits per heavy atom. The Kier molecular flexibility index (Phi) is 3.10. The van der Waals surface area contributed by atoms with Gasteiger partial charge < -0.3 is 5.32 Å². The smallest absolute Gasteiger partial charge is 0.147 e. The summed E-state index contributed by atoms with van der Waals surface area (Å²) in [5.74, 6) is 0.964. The van der Waals surface area contributed by atoms with Crippen molar-refractivity contribution in [2.24, 2.45) is 0 Å². The van der Waals surface area contributed by atoms with E-state index in [-0.39, 0.29) is 5.54 Å². The first-order chi connectivity index (χ1) is 7.68. The van der Waals surface area contributed by atoms with Crippen LogP contribution in [0.15, 0.2) is 17.8 Å². The van der Waals surface area contributed by atoms with E-state index < -0.39 is 0 Å². The number of hydrogen-bond donors (Lipinski definition) is 1. The molecule has 4 heteroatoms. The van der Waals surface area contributed by atoms with Gasteiger partial charge in [0.05, 0.1) is 10.2 Å². The molecule has 0 saturated heterocycles. The second-order valence-electron chi connectivity index (χ2n) is 4.25. The molecule has 2 aromatic heterocycles. The average Bonchev–Trinajstić information content (AvgIpc) is 2.78. The number of rotatable bonds is 4. The predicted octanol–water partition coefficient (Wildman–Crippen LogP) is 3.68. The fourth-order valence-corrected chi connectivity index (χ4v) is 2.38. The number of thiophene rings is 1. The third kappa shape index (κ3) is 2.02. The highest BCUT2D eigenvalue weighted by Gasteiger charge is 2.20. The quantitative estimate of drug-likeness (QED) is 0.878. The second-order valence-corrected chi connectivity index (χ2v) is 5.17. The monoisotopic (exact) mass is 235 g/mol. The van der Waals surface area contributed by atoms with Gasteiger partial charge in [0.2, 0.25) is 0 Å². The Morgan fingerprint density at radius 3 is 2.75 bits per heavy atom. The first kappa shape index (κ1) is 11.3. The molecule has 0 aliphatic heterocycles. The van der Waals surface area contributed by atoms with Crippen molar-refractivity contribution in [1.82, 2.24) is 9.97 Å². The van der Waals surface area contributed by atoms with E-state index in [1.165, 1.54) is 0 Å². The molecule has 0 bridgehead atoms. The molecular weight excluding hydrogens is 218 g/mol. The standard InChI is InChI=1S/C12H17N3S/c1-4-12(3,5-2)15-11-10-9(6-7-16-10)13-8-14-11/h6-8H,4-5H2,1-3H3,(H,13,14,15). The van der Waals surface area contributed by atoms with Crippen molar-refractivity contribution in [2.75, 3.05) is 5.32 Å². The van der Waals surface area contributed by atoms with E-state index in [0.29, 0.717) is 0 Å². The van der Waals surface area contributed by atoms with Crippen molar-refractivity contribution in [3.63, 3.8) is 0 Å². The lowest BCUT2D eigenvalue weighted by Gasteiger charge is -2.28. The molecule has 0 amide bonds. The molecule has 0 aliphatic rings. The summed E-state index contributed by atoms with van der Waals surface area (Å²) in [6.45, 7) is 6.63. The lowest BCUT2D eigenvalue weighted by atomic mass is 9.96. The summed E-state index contributed by atoms with van der Waals surface area (Å²) in [6.07, 6.45) is 3.80. The third-order valence-electron chi connectivity index (χ3n) is 3.22. The van der Waals surface area contributed by atoms with E-state index in [1.54, 1.807) is 17.7 Å². The van der Waals surface area contributed by atoms with Gasteiger partial charge in [0.25, 0.3) is 0 Å². The van der Waals surface area contributed by atoms with Crippen molar-refractivity contribution in [3.05, 3.63) is 17.8 Å². The van der Waals surface area contributed by atoms with E-state index >= 15 is 0 Å². The van der Waals surface area contributed by atoms with Crippen molar-refractivity contribution in [1.29, 1.82) is 0 Å². The van der Waals surface area contributed by atoms with Gasteiger partial charge in [-0.3, -0.25) is 0 Å². The Labute approximate surface area is 99.9 Å². The van der Waals surface area contributed by atoms with E-state index in [9.17, 15) is 0 Å². The van der Waals surface area contributed by atoms with Gasteiger partial charge >= 0.3 is 0 Å². The molecule has 0 spiro atoms. The zero-order chi connectivity index (χ0) is 11.6. The molecule has 1 N–H and O–H groups in total. The lowest BCUT2D eigenvalue weighted by molar-refractivity contribution is 0.477. The molecule has 2 heterocycles. The molecule has 0 aromatic carbocycles. The first-order valence-electron chi connectivity index (χ1n) is 5.65. The number of nitrogens with zero attached hydrogens (tertiary/aromatic N) is 2. The summed E-state index contributed by atoms with van der Waals surface area (Å²) >= 11 is 1.69. The highest BCUT2D eigenvalue weighted by molar-refractivity contribution is 7.17. The number of aromatic nitrogens is 2. The second kappa shape index (κ2) is 4.37. The van der Waals surface area contributed by atoms with Crippen LogP contribution in [0.4, 0.5) is 5.82 Å². The Morgan fingerprint density at radius 1 is 1.31 bits per heavy atom. The summed E-state index contributed by atoms with van der Waals surface area (Å²) in [5, 5.41) is 5.60. The zero-order valence-electron chi connectivity index (χ0n) is 9.95. The van der Waals surface area contributed by atoms with Gasteiger partial charge in [0, 0.05) is 5.54 Å². The van der Waals surface area contributed by atoms with Gasteiger partial charge in [-0.05, 0) is 31.2 Å². The average molecular weight is 235 g/mol. The van der Waals surface area contributed by atoms with Crippen LogP contribution in [0.1, 0.15) is 33.6 Å². The predicted molar refractivity (Wildman–Crippen MR) is 70.0 cm³/mol. The number of fused-ring (bicyclic) bond motifs is 1. The summed E-state index contributed by atoms with van der Waals surface area (Å²) in [5.41, 5.74) is 1.14. The fraction of sp³-hybridized carbons (Fsp3) is 0.500. The van der Waals surface area contributed by atoms with Crippen molar-refractivity contribution in [3.8, 4) is 0 Å². The van der Waals surface area contributed by atoms with Gasteiger partial charge in [-0.25, -0.2) is 9.97 Å². The first-order valence-corrected chi connectivity index (χ1v) is 6.53. The maximum Gasteiger partial charge on any atom is 0.147 e. The molecule has 16 heavy (non-hydrogen) atoms. The SMILES string of the molecule is CCC(C)(CC)Nc1ncnc2ccsc12. The van der Waals surface area contributed by atoms with Gasteiger partial charge in [-0.2, -0.15) is 0 Å². The maximum atomic E-state index is 4.35. The Bertz CT molecular complexity index is 474. The topological polar surface area (TPSA) is 37.8 Å². The van der Waals surface area contributed by atoms with Crippen LogP contribution in [0, 0.1) is 0 Å². The molecule has 2 aromatic rings. The minimum Gasteiger partial charge on any atom is -0.364 e. The van der Waals surface area contributed by atoms with Crippen LogP contribution in [-0.2, 0) is 0 Å². The minimum atomic E-state index is 0.116. The summed E-state index contributed by atoms with van der Waals surface area (Å²) in [6, 6.07) is 2.03. The molecule has 3 nitrogen and oxygen atoms in total. The molecule has 86 valence electrons. The van der Waals surface area contributed by atoms with Gasteiger partial charge in [-0.15, -0.1) is 11.3 Å². The highest BCUT2D eigenvalue weighted by atomic mass is 32.1. The van der Waals surface area contributed by atoms with Crippen LogP contribution in [0.3, 0.4) is 0 Å². The normalized spacial score (nSPS) is 11.9. The molecule has 0 radical (unpaired) electrons. The van der Waals surface area contributed by atoms with Crippen LogP contribution in [-0.4, -0.2) is 15.5 Å². The van der Waals surface area contributed by atoms with Gasteiger partial charge in [-0.1, -0.05) is 13.8 Å². The van der Waals surface area contributed by atoms with Crippen LogP contribution in [0.2, 0.25) is 0 Å². The van der Waals surface area contributed by atoms with E-state index in [2.05, 4.69) is 41.4 Å². The molecule has 0 saturated carbocycles. The number of hydrogen-bond acceptors (Lipinski definition) is 4. The lowest BCUT2D eigenvalue weighted by Crippen LogP contribution is -2.33. The summed E-state index contributed by atoms with van der Waals surface area (Å²) in [4.78, 5) is 8.59. The molecule has 0 aliphatic carbocycles.